The second-order valence-electron chi connectivity index (χ2n) is 3.79. The summed E-state index contributed by atoms with van der Waals surface area (Å²) in [5, 5.41) is 3.70. The van der Waals surface area contributed by atoms with Crippen LogP contribution < -0.4 is 4.74 Å². The van der Waals surface area contributed by atoms with Gasteiger partial charge in [-0.3, -0.25) is 0 Å². The highest BCUT2D eigenvalue weighted by molar-refractivity contribution is 5.35. The van der Waals surface area contributed by atoms with Gasteiger partial charge in [-0.25, -0.2) is 0 Å². The van der Waals surface area contributed by atoms with Crippen molar-refractivity contribution in [1.82, 2.24) is 10.1 Å². The first-order valence-corrected chi connectivity index (χ1v) is 5.14. The predicted molar refractivity (Wildman–Crippen MR) is 59.3 cm³/mol. The SMILES string of the molecule is Cc1ccc(C)c(OCc2nc(C)no2)c1. The molecule has 0 aliphatic heterocycles. The lowest BCUT2D eigenvalue weighted by atomic mass is 10.1. The molecule has 0 amide bonds. The number of aromatic nitrogens is 2. The van der Waals surface area contributed by atoms with Crippen LogP contribution in [0.2, 0.25) is 0 Å². The van der Waals surface area contributed by atoms with Crippen molar-refractivity contribution in [3.05, 3.63) is 41.0 Å². The third-order valence-corrected chi connectivity index (χ3v) is 2.26. The van der Waals surface area contributed by atoms with E-state index in [9.17, 15) is 0 Å². The van der Waals surface area contributed by atoms with Gasteiger partial charge in [0.2, 0.25) is 0 Å². The lowest BCUT2D eigenvalue weighted by Crippen LogP contribution is -1.97. The Bertz CT molecular complexity index is 492. The molecule has 0 bridgehead atoms. The van der Waals surface area contributed by atoms with E-state index < -0.39 is 0 Å². The summed E-state index contributed by atoms with van der Waals surface area (Å²) >= 11 is 0. The van der Waals surface area contributed by atoms with Crippen LogP contribution in [-0.2, 0) is 6.61 Å². The van der Waals surface area contributed by atoms with Gasteiger partial charge < -0.3 is 9.26 Å². The Morgan fingerprint density at radius 1 is 1.25 bits per heavy atom. The molecule has 2 aromatic rings. The molecule has 0 aliphatic rings. The van der Waals surface area contributed by atoms with Crippen LogP contribution in [0, 0.1) is 20.8 Å². The van der Waals surface area contributed by atoms with Gasteiger partial charge in [-0.1, -0.05) is 17.3 Å². The Hall–Kier alpha value is -1.84. The molecule has 4 heteroatoms. The van der Waals surface area contributed by atoms with Crippen molar-refractivity contribution in [2.75, 3.05) is 0 Å². The van der Waals surface area contributed by atoms with Crippen LogP contribution in [0.5, 0.6) is 5.75 Å². The summed E-state index contributed by atoms with van der Waals surface area (Å²) in [6, 6.07) is 6.08. The van der Waals surface area contributed by atoms with Crippen LogP contribution in [0.25, 0.3) is 0 Å². The van der Waals surface area contributed by atoms with E-state index in [0.717, 1.165) is 11.3 Å². The van der Waals surface area contributed by atoms with Gasteiger partial charge in [0.25, 0.3) is 5.89 Å². The molecule has 0 atom stereocenters. The maximum atomic E-state index is 5.62. The van der Waals surface area contributed by atoms with Gasteiger partial charge in [0.05, 0.1) is 0 Å². The fourth-order valence-electron chi connectivity index (χ4n) is 1.40. The Kier molecular flexibility index (Phi) is 2.90. The first kappa shape index (κ1) is 10.7. The highest BCUT2D eigenvalue weighted by atomic mass is 16.5. The first-order chi connectivity index (χ1) is 7.65. The van der Waals surface area contributed by atoms with E-state index in [0.29, 0.717) is 18.3 Å². The average Bonchev–Trinajstić information content (AvgIpc) is 2.66. The summed E-state index contributed by atoms with van der Waals surface area (Å²) in [6.45, 7) is 6.13. The number of hydrogen-bond donors (Lipinski definition) is 0. The second kappa shape index (κ2) is 4.35. The standard InChI is InChI=1S/C12H14N2O2/c1-8-4-5-9(2)11(6-8)15-7-12-13-10(3)14-16-12/h4-6H,7H2,1-3H3. The molecule has 0 aliphatic carbocycles. The summed E-state index contributed by atoms with van der Waals surface area (Å²) in [5.41, 5.74) is 2.27. The predicted octanol–water partition coefficient (Wildman–Crippen LogP) is 2.57. The van der Waals surface area contributed by atoms with Crippen molar-refractivity contribution in [2.45, 2.75) is 27.4 Å². The van der Waals surface area contributed by atoms with Crippen LogP contribution >= 0.6 is 0 Å². The molecule has 0 radical (unpaired) electrons. The van der Waals surface area contributed by atoms with Crippen LogP contribution in [0.3, 0.4) is 0 Å². The minimum absolute atomic E-state index is 0.311. The molecule has 0 N–H and O–H groups in total. The zero-order chi connectivity index (χ0) is 11.5. The molecule has 84 valence electrons. The van der Waals surface area contributed by atoms with Crippen LogP contribution in [-0.4, -0.2) is 10.1 Å². The van der Waals surface area contributed by atoms with Crippen LogP contribution in [0.4, 0.5) is 0 Å². The Labute approximate surface area is 94.2 Å². The smallest absolute Gasteiger partial charge is 0.264 e. The van der Waals surface area contributed by atoms with Gasteiger partial charge in [-0.15, -0.1) is 0 Å². The maximum Gasteiger partial charge on any atom is 0.264 e. The van der Waals surface area contributed by atoms with Crippen molar-refractivity contribution in [3.8, 4) is 5.75 Å². The van der Waals surface area contributed by atoms with Crippen molar-refractivity contribution >= 4 is 0 Å². The normalized spacial score (nSPS) is 10.4. The zero-order valence-corrected chi connectivity index (χ0v) is 9.65. The van der Waals surface area contributed by atoms with Gasteiger partial charge in [0.15, 0.2) is 12.4 Å². The molecular weight excluding hydrogens is 204 g/mol. The molecule has 0 spiro atoms. The van der Waals surface area contributed by atoms with Crippen molar-refractivity contribution in [2.24, 2.45) is 0 Å². The topological polar surface area (TPSA) is 48.2 Å². The number of benzene rings is 1. The van der Waals surface area contributed by atoms with Crippen molar-refractivity contribution in [3.63, 3.8) is 0 Å². The van der Waals surface area contributed by atoms with Gasteiger partial charge >= 0.3 is 0 Å². The molecule has 0 saturated carbocycles. The molecule has 16 heavy (non-hydrogen) atoms. The second-order valence-corrected chi connectivity index (χ2v) is 3.79. The Morgan fingerprint density at radius 3 is 2.75 bits per heavy atom. The molecule has 2 rings (SSSR count). The maximum absolute atomic E-state index is 5.62. The van der Waals surface area contributed by atoms with E-state index in [1.54, 1.807) is 6.92 Å². The summed E-state index contributed by atoms with van der Waals surface area (Å²) in [4.78, 5) is 4.08. The van der Waals surface area contributed by atoms with Crippen LogP contribution in [0.15, 0.2) is 22.7 Å². The third kappa shape index (κ3) is 2.39. The monoisotopic (exact) mass is 218 g/mol. The number of rotatable bonds is 3. The number of ether oxygens (including phenoxy) is 1. The Morgan fingerprint density at radius 2 is 2.06 bits per heavy atom. The summed E-state index contributed by atoms with van der Waals surface area (Å²) in [5.74, 6) is 1.98. The fraction of sp³-hybridized carbons (Fsp3) is 0.333. The van der Waals surface area contributed by atoms with Crippen molar-refractivity contribution < 1.29 is 9.26 Å². The average molecular weight is 218 g/mol. The summed E-state index contributed by atoms with van der Waals surface area (Å²) < 4.78 is 10.6. The molecule has 0 fully saturated rings. The van der Waals surface area contributed by atoms with E-state index in [-0.39, 0.29) is 0 Å². The number of aryl methyl sites for hydroxylation is 3. The van der Waals surface area contributed by atoms with Crippen LogP contribution in [0.1, 0.15) is 22.8 Å². The quantitative estimate of drug-likeness (QED) is 0.794. The molecule has 1 heterocycles. The minimum Gasteiger partial charge on any atom is -0.483 e. The fourth-order valence-corrected chi connectivity index (χ4v) is 1.40. The van der Waals surface area contributed by atoms with Gasteiger partial charge in [-0.2, -0.15) is 4.98 Å². The summed E-state index contributed by atoms with van der Waals surface area (Å²) in [6.07, 6.45) is 0. The van der Waals surface area contributed by atoms with Crippen molar-refractivity contribution in [1.29, 1.82) is 0 Å². The van der Waals surface area contributed by atoms with E-state index in [4.69, 9.17) is 9.26 Å². The van der Waals surface area contributed by atoms with E-state index in [1.807, 2.05) is 26.0 Å². The molecule has 0 saturated heterocycles. The molecule has 1 aromatic heterocycles. The highest BCUT2D eigenvalue weighted by Gasteiger charge is 2.05. The zero-order valence-electron chi connectivity index (χ0n) is 9.65. The number of nitrogens with zero attached hydrogens (tertiary/aromatic N) is 2. The minimum atomic E-state index is 0.311. The summed E-state index contributed by atoms with van der Waals surface area (Å²) in [7, 11) is 0. The molecular formula is C12H14N2O2. The highest BCUT2D eigenvalue weighted by Crippen LogP contribution is 2.20. The van der Waals surface area contributed by atoms with Gasteiger partial charge in [0, 0.05) is 0 Å². The molecule has 1 aromatic carbocycles. The lowest BCUT2D eigenvalue weighted by Gasteiger charge is -2.07. The Balaban J connectivity index is 2.07. The van der Waals surface area contributed by atoms with Gasteiger partial charge in [0.1, 0.15) is 5.75 Å². The third-order valence-electron chi connectivity index (χ3n) is 2.26. The van der Waals surface area contributed by atoms with E-state index >= 15 is 0 Å². The van der Waals surface area contributed by atoms with E-state index in [1.165, 1.54) is 5.56 Å². The van der Waals surface area contributed by atoms with E-state index in [2.05, 4.69) is 16.2 Å². The largest absolute Gasteiger partial charge is 0.483 e. The lowest BCUT2D eigenvalue weighted by molar-refractivity contribution is 0.241. The first-order valence-electron chi connectivity index (χ1n) is 5.14. The molecule has 4 nitrogen and oxygen atoms in total. The molecule has 0 unspecified atom stereocenters. The number of hydrogen-bond acceptors (Lipinski definition) is 4. The van der Waals surface area contributed by atoms with Gasteiger partial charge in [-0.05, 0) is 38.0 Å².